The Morgan fingerprint density at radius 2 is 2.33 bits per heavy atom. The smallest absolute Gasteiger partial charge is 0.307 e. The van der Waals surface area contributed by atoms with Crippen molar-refractivity contribution in [1.29, 1.82) is 0 Å². The first kappa shape index (κ1) is 9.98. The number of carboxylic acids is 1. The van der Waals surface area contributed by atoms with E-state index in [-0.39, 0.29) is 6.42 Å². The number of rotatable bonds is 2. The number of nitrogens with zero attached hydrogens (tertiary/aromatic N) is 2. The summed E-state index contributed by atoms with van der Waals surface area (Å²) in [6.45, 7) is 0. The molecular formula is C10H9ClN2O2. The molecule has 5 heteroatoms. The molecule has 0 aliphatic carbocycles. The number of carboxylic acid groups (broad SMARTS) is 1. The standard InChI is InChI=1S/C10H9ClN2O2/c1-13-8-4-6(5-9(14)15)2-3-7(8)10(11)12-13/h2-4H,5H2,1H3,(H,14,15). The topological polar surface area (TPSA) is 55.1 Å². The lowest BCUT2D eigenvalue weighted by Gasteiger charge is -1.98. The second-order valence-electron chi connectivity index (χ2n) is 3.34. The van der Waals surface area contributed by atoms with Gasteiger partial charge in [-0.1, -0.05) is 17.7 Å². The number of hydrogen-bond donors (Lipinski definition) is 1. The predicted octanol–water partition coefficient (Wildman–Crippen LogP) is 1.85. The Bertz CT molecular complexity index is 533. The van der Waals surface area contributed by atoms with Crippen LogP contribution in [-0.2, 0) is 18.3 Å². The number of aliphatic carboxylic acids is 1. The average molecular weight is 225 g/mol. The van der Waals surface area contributed by atoms with Crippen molar-refractivity contribution in [3.63, 3.8) is 0 Å². The highest BCUT2D eigenvalue weighted by Gasteiger charge is 2.08. The number of fused-ring (bicyclic) bond motifs is 1. The monoisotopic (exact) mass is 224 g/mol. The highest BCUT2D eigenvalue weighted by atomic mass is 35.5. The summed E-state index contributed by atoms with van der Waals surface area (Å²) in [6.07, 6.45) is 0.0126. The predicted molar refractivity (Wildman–Crippen MR) is 57.1 cm³/mol. The minimum atomic E-state index is -0.845. The molecule has 1 aromatic carbocycles. The van der Waals surface area contributed by atoms with Crippen molar-refractivity contribution < 1.29 is 9.90 Å². The molecule has 15 heavy (non-hydrogen) atoms. The van der Waals surface area contributed by atoms with Crippen LogP contribution in [0.2, 0.25) is 5.15 Å². The van der Waals surface area contributed by atoms with Crippen molar-refractivity contribution in [2.24, 2.45) is 7.05 Å². The van der Waals surface area contributed by atoms with Crippen molar-refractivity contribution in [1.82, 2.24) is 9.78 Å². The maximum absolute atomic E-state index is 10.5. The number of halogens is 1. The first-order valence-corrected chi connectivity index (χ1v) is 4.78. The van der Waals surface area contributed by atoms with Gasteiger partial charge in [-0.05, 0) is 17.7 Å². The fourth-order valence-electron chi connectivity index (χ4n) is 1.54. The van der Waals surface area contributed by atoms with Gasteiger partial charge in [0.1, 0.15) is 0 Å². The molecule has 0 amide bonds. The lowest BCUT2D eigenvalue weighted by Crippen LogP contribution is -2.00. The van der Waals surface area contributed by atoms with Crippen LogP contribution in [0.1, 0.15) is 5.56 Å². The molecule has 1 N–H and O–H groups in total. The Labute approximate surface area is 91.1 Å². The lowest BCUT2D eigenvalue weighted by atomic mass is 10.1. The van der Waals surface area contributed by atoms with Gasteiger partial charge in [-0.2, -0.15) is 5.10 Å². The average Bonchev–Trinajstić information content (AvgIpc) is 2.41. The summed E-state index contributed by atoms with van der Waals surface area (Å²) in [5.74, 6) is -0.845. The maximum atomic E-state index is 10.5. The van der Waals surface area contributed by atoms with Gasteiger partial charge in [-0.25, -0.2) is 0 Å². The molecule has 0 spiro atoms. The SMILES string of the molecule is Cn1nc(Cl)c2ccc(CC(=O)O)cc21. The van der Waals surface area contributed by atoms with E-state index in [1.165, 1.54) is 0 Å². The van der Waals surface area contributed by atoms with E-state index in [0.29, 0.717) is 5.15 Å². The molecule has 0 saturated carbocycles. The van der Waals surface area contributed by atoms with Crippen molar-refractivity contribution in [2.45, 2.75) is 6.42 Å². The van der Waals surface area contributed by atoms with Gasteiger partial charge in [0.2, 0.25) is 0 Å². The molecule has 0 aliphatic rings. The molecule has 0 atom stereocenters. The minimum Gasteiger partial charge on any atom is -0.481 e. The van der Waals surface area contributed by atoms with E-state index in [1.807, 2.05) is 0 Å². The molecule has 0 radical (unpaired) electrons. The molecule has 78 valence electrons. The van der Waals surface area contributed by atoms with Crippen molar-refractivity contribution in [3.05, 3.63) is 28.9 Å². The van der Waals surface area contributed by atoms with E-state index in [2.05, 4.69) is 5.10 Å². The molecule has 0 fully saturated rings. The van der Waals surface area contributed by atoms with E-state index in [4.69, 9.17) is 16.7 Å². The van der Waals surface area contributed by atoms with Crippen LogP contribution < -0.4 is 0 Å². The molecule has 0 bridgehead atoms. The molecule has 1 aromatic heterocycles. The Kier molecular flexibility index (Phi) is 2.36. The van der Waals surface area contributed by atoms with Crippen LogP contribution in [0.3, 0.4) is 0 Å². The van der Waals surface area contributed by atoms with E-state index in [1.54, 1.807) is 29.9 Å². The third-order valence-corrected chi connectivity index (χ3v) is 2.51. The summed E-state index contributed by atoms with van der Waals surface area (Å²) in [7, 11) is 1.78. The molecule has 2 aromatic rings. The third-order valence-electron chi connectivity index (χ3n) is 2.23. The second-order valence-corrected chi connectivity index (χ2v) is 3.69. The molecular weight excluding hydrogens is 216 g/mol. The van der Waals surface area contributed by atoms with Crippen molar-refractivity contribution in [3.8, 4) is 0 Å². The zero-order chi connectivity index (χ0) is 11.0. The Morgan fingerprint density at radius 1 is 1.60 bits per heavy atom. The van der Waals surface area contributed by atoms with Gasteiger partial charge in [0.15, 0.2) is 5.15 Å². The van der Waals surface area contributed by atoms with E-state index in [0.717, 1.165) is 16.5 Å². The van der Waals surface area contributed by atoms with Gasteiger partial charge in [-0.3, -0.25) is 9.48 Å². The van der Waals surface area contributed by atoms with Crippen LogP contribution in [-0.4, -0.2) is 20.9 Å². The van der Waals surface area contributed by atoms with E-state index < -0.39 is 5.97 Å². The van der Waals surface area contributed by atoms with Crippen LogP contribution in [0.25, 0.3) is 10.9 Å². The summed E-state index contributed by atoms with van der Waals surface area (Å²) >= 11 is 5.89. The van der Waals surface area contributed by atoms with Gasteiger partial charge < -0.3 is 5.11 Å². The van der Waals surface area contributed by atoms with Gasteiger partial charge in [-0.15, -0.1) is 0 Å². The molecule has 2 rings (SSSR count). The zero-order valence-corrected chi connectivity index (χ0v) is 8.82. The van der Waals surface area contributed by atoms with Gasteiger partial charge in [0.25, 0.3) is 0 Å². The number of aryl methyl sites for hydroxylation is 1. The van der Waals surface area contributed by atoms with Crippen molar-refractivity contribution >= 4 is 28.5 Å². The van der Waals surface area contributed by atoms with Gasteiger partial charge in [0.05, 0.1) is 11.9 Å². The normalized spacial score (nSPS) is 10.8. The minimum absolute atomic E-state index is 0.0126. The molecule has 4 nitrogen and oxygen atoms in total. The highest BCUT2D eigenvalue weighted by Crippen LogP contribution is 2.23. The Balaban J connectivity index is 2.55. The summed E-state index contributed by atoms with van der Waals surface area (Å²) < 4.78 is 1.64. The van der Waals surface area contributed by atoms with Crippen LogP contribution in [0.5, 0.6) is 0 Å². The third kappa shape index (κ3) is 1.80. The number of benzene rings is 1. The lowest BCUT2D eigenvalue weighted by molar-refractivity contribution is -0.136. The fraction of sp³-hybridized carbons (Fsp3) is 0.200. The second kappa shape index (κ2) is 3.55. The van der Waals surface area contributed by atoms with Crippen molar-refractivity contribution in [2.75, 3.05) is 0 Å². The van der Waals surface area contributed by atoms with Crippen LogP contribution in [0, 0.1) is 0 Å². The van der Waals surface area contributed by atoms with E-state index >= 15 is 0 Å². The van der Waals surface area contributed by atoms with E-state index in [9.17, 15) is 4.79 Å². The molecule has 1 heterocycles. The summed E-state index contributed by atoms with van der Waals surface area (Å²) in [5, 5.41) is 14.0. The zero-order valence-electron chi connectivity index (χ0n) is 8.07. The summed E-state index contributed by atoms with van der Waals surface area (Å²) in [5.41, 5.74) is 1.59. The number of hydrogen-bond acceptors (Lipinski definition) is 2. The number of aromatic nitrogens is 2. The van der Waals surface area contributed by atoms with Crippen LogP contribution >= 0.6 is 11.6 Å². The largest absolute Gasteiger partial charge is 0.481 e. The Hall–Kier alpha value is -1.55. The van der Waals surface area contributed by atoms with Gasteiger partial charge >= 0.3 is 5.97 Å². The van der Waals surface area contributed by atoms with Gasteiger partial charge in [0, 0.05) is 12.4 Å². The fourth-order valence-corrected chi connectivity index (χ4v) is 1.82. The quantitative estimate of drug-likeness (QED) is 0.847. The molecule has 0 saturated heterocycles. The van der Waals surface area contributed by atoms with Crippen LogP contribution in [0.15, 0.2) is 18.2 Å². The summed E-state index contributed by atoms with van der Waals surface area (Å²) in [4.78, 5) is 10.5. The Morgan fingerprint density at radius 3 is 3.00 bits per heavy atom. The first-order valence-electron chi connectivity index (χ1n) is 4.41. The number of carbonyl (C=O) groups is 1. The molecule has 0 aliphatic heterocycles. The molecule has 0 unspecified atom stereocenters. The first-order chi connectivity index (χ1) is 7.08. The summed E-state index contributed by atoms with van der Waals surface area (Å²) in [6, 6.07) is 5.34. The highest BCUT2D eigenvalue weighted by molar-refractivity contribution is 6.34. The maximum Gasteiger partial charge on any atom is 0.307 e. The van der Waals surface area contributed by atoms with Crippen LogP contribution in [0.4, 0.5) is 0 Å².